The molecule has 1 aliphatic rings. The summed E-state index contributed by atoms with van der Waals surface area (Å²) >= 11 is 0. The van der Waals surface area contributed by atoms with Crippen LogP contribution in [0.25, 0.3) is 0 Å². The molecule has 2 atom stereocenters. The fourth-order valence-corrected chi connectivity index (χ4v) is 1.11. The first-order valence-corrected chi connectivity index (χ1v) is 3.60. The lowest BCUT2D eigenvalue weighted by molar-refractivity contribution is -0.160. The van der Waals surface area contributed by atoms with Gasteiger partial charge in [0.1, 0.15) is 6.10 Å². The van der Waals surface area contributed by atoms with Gasteiger partial charge < -0.3 is 9.84 Å². The van der Waals surface area contributed by atoms with Crippen LogP contribution in [0.5, 0.6) is 0 Å². The van der Waals surface area contributed by atoms with Crippen molar-refractivity contribution in [1.29, 1.82) is 0 Å². The van der Waals surface area contributed by atoms with Crippen molar-refractivity contribution in [3.8, 4) is 0 Å². The molecule has 0 saturated carbocycles. The molecule has 3 nitrogen and oxygen atoms in total. The minimum atomic E-state index is -0.480. The highest BCUT2D eigenvalue weighted by Gasteiger charge is 2.25. The van der Waals surface area contributed by atoms with Crippen LogP contribution in [-0.4, -0.2) is 23.3 Å². The van der Waals surface area contributed by atoms with Crippen LogP contribution in [0.4, 0.5) is 0 Å². The van der Waals surface area contributed by atoms with Crippen molar-refractivity contribution in [2.75, 3.05) is 0 Å². The van der Waals surface area contributed by atoms with Crippen LogP contribution in [0.2, 0.25) is 0 Å². The Bertz CT molecular complexity index is 133. The summed E-state index contributed by atoms with van der Waals surface area (Å²) < 4.78 is 4.91. The zero-order valence-corrected chi connectivity index (χ0v) is 6.04. The molecule has 0 spiro atoms. The van der Waals surface area contributed by atoms with Crippen LogP contribution in [0, 0.1) is 0 Å². The number of rotatable bonds is 1. The van der Waals surface area contributed by atoms with Gasteiger partial charge in [0.15, 0.2) is 0 Å². The molecular formula is C7H12O3. The normalized spacial score (nSPS) is 33.6. The van der Waals surface area contributed by atoms with E-state index in [1.54, 1.807) is 0 Å². The zero-order valence-electron chi connectivity index (χ0n) is 6.04. The summed E-state index contributed by atoms with van der Waals surface area (Å²) in [6.07, 6.45) is 1.02. The number of aliphatic hydroxyl groups excluding tert-OH is 1. The van der Waals surface area contributed by atoms with Gasteiger partial charge in [0.05, 0.1) is 12.5 Å². The van der Waals surface area contributed by atoms with Crippen molar-refractivity contribution in [3.63, 3.8) is 0 Å². The van der Waals surface area contributed by atoms with E-state index >= 15 is 0 Å². The molecule has 0 aromatic heterocycles. The molecule has 1 fully saturated rings. The lowest BCUT2D eigenvalue weighted by Gasteiger charge is -2.24. The Labute approximate surface area is 60.0 Å². The summed E-state index contributed by atoms with van der Waals surface area (Å²) in [7, 11) is 0. The van der Waals surface area contributed by atoms with Crippen molar-refractivity contribution in [1.82, 2.24) is 0 Å². The molecule has 0 radical (unpaired) electrons. The number of carbonyl (C=O) groups excluding carboxylic acids is 1. The smallest absolute Gasteiger partial charge is 0.308 e. The average Bonchev–Trinajstić information content (AvgIpc) is 1.85. The van der Waals surface area contributed by atoms with Gasteiger partial charge in [-0.25, -0.2) is 0 Å². The molecule has 10 heavy (non-hydrogen) atoms. The summed E-state index contributed by atoms with van der Waals surface area (Å²) in [6.45, 7) is 1.94. The summed E-state index contributed by atoms with van der Waals surface area (Å²) in [6, 6.07) is 0. The number of cyclic esters (lactones) is 1. The van der Waals surface area contributed by atoms with E-state index in [0.717, 1.165) is 6.42 Å². The third-order valence-electron chi connectivity index (χ3n) is 1.69. The van der Waals surface area contributed by atoms with E-state index in [1.807, 2.05) is 6.92 Å². The average molecular weight is 144 g/mol. The minimum Gasteiger partial charge on any atom is -0.462 e. The van der Waals surface area contributed by atoms with Gasteiger partial charge in [-0.05, 0) is 6.42 Å². The van der Waals surface area contributed by atoms with Gasteiger partial charge in [-0.3, -0.25) is 4.79 Å². The summed E-state index contributed by atoms with van der Waals surface area (Å²) in [4.78, 5) is 10.7. The van der Waals surface area contributed by atoms with Gasteiger partial charge in [-0.1, -0.05) is 6.92 Å². The molecule has 58 valence electrons. The van der Waals surface area contributed by atoms with Crippen LogP contribution < -0.4 is 0 Å². The molecular weight excluding hydrogens is 132 g/mol. The van der Waals surface area contributed by atoms with Gasteiger partial charge in [-0.2, -0.15) is 0 Å². The molecule has 0 aromatic carbocycles. The molecule has 1 rings (SSSR count). The van der Waals surface area contributed by atoms with Crippen LogP contribution in [0.1, 0.15) is 26.2 Å². The standard InChI is InChI=1S/C7H12O3/c1-2-6-3-5(8)4-7(9)10-6/h5-6,8H,2-4H2,1H3/t5-,6?/m1/s1. The number of aliphatic hydroxyl groups is 1. The SMILES string of the molecule is CCC1C[C@@H](O)CC(=O)O1. The van der Waals surface area contributed by atoms with Crippen LogP contribution in [0.15, 0.2) is 0 Å². The number of esters is 1. The van der Waals surface area contributed by atoms with Crippen molar-refractivity contribution in [3.05, 3.63) is 0 Å². The summed E-state index contributed by atoms with van der Waals surface area (Å²) in [5.74, 6) is -0.273. The fraction of sp³-hybridized carbons (Fsp3) is 0.857. The van der Waals surface area contributed by atoms with Crippen molar-refractivity contribution < 1.29 is 14.6 Å². The van der Waals surface area contributed by atoms with E-state index in [4.69, 9.17) is 9.84 Å². The summed E-state index contributed by atoms with van der Waals surface area (Å²) in [5.41, 5.74) is 0. The quantitative estimate of drug-likeness (QED) is 0.544. The predicted octanol–water partition coefficient (Wildman–Crippen LogP) is 0.463. The highest BCUT2D eigenvalue weighted by Crippen LogP contribution is 2.16. The number of carbonyl (C=O) groups is 1. The maximum atomic E-state index is 10.7. The van der Waals surface area contributed by atoms with Gasteiger partial charge in [-0.15, -0.1) is 0 Å². The van der Waals surface area contributed by atoms with Gasteiger partial charge in [0.25, 0.3) is 0 Å². The first-order chi connectivity index (χ1) is 4.72. The van der Waals surface area contributed by atoms with Crippen molar-refractivity contribution in [2.45, 2.75) is 38.4 Å². The number of ether oxygens (including phenoxy) is 1. The molecule has 1 heterocycles. The lowest BCUT2D eigenvalue weighted by Crippen LogP contribution is -2.31. The second-order valence-electron chi connectivity index (χ2n) is 2.61. The number of hydrogen-bond acceptors (Lipinski definition) is 3. The molecule has 1 N–H and O–H groups in total. The molecule has 3 heteroatoms. The lowest BCUT2D eigenvalue weighted by atomic mass is 10.0. The molecule has 0 aliphatic carbocycles. The molecule has 0 bridgehead atoms. The predicted molar refractivity (Wildman–Crippen MR) is 35.4 cm³/mol. The van der Waals surface area contributed by atoms with E-state index in [2.05, 4.69) is 0 Å². The molecule has 1 aliphatic heterocycles. The number of hydrogen-bond donors (Lipinski definition) is 1. The van der Waals surface area contributed by atoms with E-state index in [-0.39, 0.29) is 18.5 Å². The Balaban J connectivity index is 2.42. The van der Waals surface area contributed by atoms with Crippen molar-refractivity contribution in [2.24, 2.45) is 0 Å². The van der Waals surface area contributed by atoms with Crippen LogP contribution in [0.3, 0.4) is 0 Å². The van der Waals surface area contributed by atoms with Crippen LogP contribution >= 0.6 is 0 Å². The second kappa shape index (κ2) is 3.01. The van der Waals surface area contributed by atoms with E-state index in [1.165, 1.54) is 0 Å². The fourth-order valence-electron chi connectivity index (χ4n) is 1.11. The maximum Gasteiger partial charge on any atom is 0.308 e. The largest absolute Gasteiger partial charge is 0.462 e. The Morgan fingerprint density at radius 1 is 1.80 bits per heavy atom. The molecule has 1 saturated heterocycles. The van der Waals surface area contributed by atoms with Crippen molar-refractivity contribution >= 4 is 5.97 Å². The Kier molecular flexibility index (Phi) is 2.27. The topological polar surface area (TPSA) is 46.5 Å². The van der Waals surface area contributed by atoms with E-state index in [0.29, 0.717) is 6.42 Å². The highest BCUT2D eigenvalue weighted by atomic mass is 16.5. The molecule has 0 amide bonds. The maximum absolute atomic E-state index is 10.7. The molecule has 0 aromatic rings. The first kappa shape index (κ1) is 7.54. The summed E-state index contributed by atoms with van der Waals surface area (Å²) in [5, 5.41) is 9.08. The van der Waals surface area contributed by atoms with E-state index in [9.17, 15) is 4.79 Å². The first-order valence-electron chi connectivity index (χ1n) is 3.60. The highest BCUT2D eigenvalue weighted by molar-refractivity contribution is 5.70. The Morgan fingerprint density at radius 3 is 3.00 bits per heavy atom. The van der Waals surface area contributed by atoms with Gasteiger partial charge in [0.2, 0.25) is 0 Å². The van der Waals surface area contributed by atoms with Gasteiger partial charge in [0, 0.05) is 6.42 Å². The minimum absolute atomic E-state index is 0.0590. The zero-order chi connectivity index (χ0) is 7.56. The van der Waals surface area contributed by atoms with Gasteiger partial charge >= 0.3 is 5.97 Å². The Morgan fingerprint density at radius 2 is 2.50 bits per heavy atom. The second-order valence-corrected chi connectivity index (χ2v) is 2.61. The third kappa shape index (κ3) is 1.70. The third-order valence-corrected chi connectivity index (χ3v) is 1.69. The van der Waals surface area contributed by atoms with E-state index < -0.39 is 6.10 Å². The Hall–Kier alpha value is -0.570. The van der Waals surface area contributed by atoms with Crippen LogP contribution in [-0.2, 0) is 9.53 Å². The monoisotopic (exact) mass is 144 g/mol. The molecule has 1 unspecified atom stereocenters.